The second-order valence-electron chi connectivity index (χ2n) is 5.83. The molecule has 1 aliphatic rings. The molecule has 4 nitrogen and oxygen atoms in total. The molecule has 0 saturated heterocycles. The van der Waals surface area contributed by atoms with E-state index in [0.717, 1.165) is 11.3 Å². The predicted molar refractivity (Wildman–Crippen MR) is 92.7 cm³/mol. The molecule has 0 heterocycles. The highest BCUT2D eigenvalue weighted by Crippen LogP contribution is 2.38. The second kappa shape index (κ2) is 6.79. The van der Waals surface area contributed by atoms with Crippen LogP contribution in [0.25, 0.3) is 0 Å². The summed E-state index contributed by atoms with van der Waals surface area (Å²) < 4.78 is 31.1. The lowest BCUT2D eigenvalue weighted by Gasteiger charge is -2.26. The van der Waals surface area contributed by atoms with Crippen molar-refractivity contribution in [2.45, 2.75) is 29.8 Å². The van der Waals surface area contributed by atoms with Crippen LogP contribution in [0.15, 0.2) is 70.5 Å². The van der Waals surface area contributed by atoms with E-state index in [4.69, 9.17) is 4.74 Å². The number of para-hydroxylation sites is 1. The van der Waals surface area contributed by atoms with E-state index < -0.39 is 15.9 Å². The van der Waals surface area contributed by atoms with Crippen LogP contribution in [0.5, 0.6) is 5.75 Å². The minimum Gasteiger partial charge on any atom is -0.496 e. The number of allylic oxidation sites excluding steroid dienone is 1. The molecule has 2 atom stereocenters. The SMILES string of the molecule is COc1ccccc1[C@@H]1C=C(S(=O)(=O)c2ccccc2)[C@H](O)CC1. The number of rotatable bonds is 4. The summed E-state index contributed by atoms with van der Waals surface area (Å²) >= 11 is 0. The minimum absolute atomic E-state index is 0.0795. The van der Waals surface area contributed by atoms with E-state index in [1.807, 2.05) is 24.3 Å². The number of hydrogen-bond acceptors (Lipinski definition) is 4. The molecule has 0 spiro atoms. The van der Waals surface area contributed by atoms with Crippen molar-refractivity contribution in [3.05, 3.63) is 71.1 Å². The van der Waals surface area contributed by atoms with Gasteiger partial charge in [0.15, 0.2) is 0 Å². The van der Waals surface area contributed by atoms with Gasteiger partial charge in [-0.2, -0.15) is 0 Å². The Hall–Kier alpha value is -2.11. The van der Waals surface area contributed by atoms with Gasteiger partial charge in [-0.25, -0.2) is 8.42 Å². The van der Waals surface area contributed by atoms with Crippen molar-refractivity contribution in [2.24, 2.45) is 0 Å². The van der Waals surface area contributed by atoms with E-state index in [1.165, 1.54) is 0 Å². The topological polar surface area (TPSA) is 63.6 Å². The summed E-state index contributed by atoms with van der Waals surface area (Å²) in [7, 11) is -2.10. The van der Waals surface area contributed by atoms with Gasteiger partial charge in [-0.1, -0.05) is 42.5 Å². The highest BCUT2D eigenvalue weighted by Gasteiger charge is 2.32. The minimum atomic E-state index is -3.70. The van der Waals surface area contributed by atoms with Crippen LogP contribution in [0.2, 0.25) is 0 Å². The lowest BCUT2D eigenvalue weighted by atomic mass is 9.87. The molecule has 2 aromatic carbocycles. The number of hydrogen-bond donors (Lipinski definition) is 1. The Labute approximate surface area is 142 Å². The lowest BCUT2D eigenvalue weighted by Crippen LogP contribution is -2.24. The largest absolute Gasteiger partial charge is 0.496 e. The maximum atomic E-state index is 12.9. The third-order valence-electron chi connectivity index (χ3n) is 4.35. The maximum absolute atomic E-state index is 12.9. The van der Waals surface area contributed by atoms with E-state index in [1.54, 1.807) is 43.5 Å². The Bertz CT molecular complexity index is 841. The van der Waals surface area contributed by atoms with Gasteiger partial charge >= 0.3 is 0 Å². The van der Waals surface area contributed by atoms with Gasteiger partial charge in [0.05, 0.1) is 23.0 Å². The van der Waals surface area contributed by atoms with Crippen molar-refractivity contribution in [2.75, 3.05) is 7.11 Å². The Kier molecular flexibility index (Phi) is 4.73. The van der Waals surface area contributed by atoms with Gasteiger partial charge in [0.1, 0.15) is 5.75 Å². The Morgan fingerprint density at radius 3 is 2.38 bits per heavy atom. The number of ether oxygens (including phenoxy) is 1. The van der Waals surface area contributed by atoms with E-state index in [9.17, 15) is 13.5 Å². The normalized spacial score (nSPS) is 21.2. The van der Waals surface area contributed by atoms with Crippen molar-refractivity contribution in [1.82, 2.24) is 0 Å². The monoisotopic (exact) mass is 344 g/mol. The van der Waals surface area contributed by atoms with Crippen molar-refractivity contribution < 1.29 is 18.3 Å². The first-order valence-corrected chi connectivity index (χ1v) is 9.35. The summed E-state index contributed by atoms with van der Waals surface area (Å²) in [5, 5.41) is 10.3. The summed E-state index contributed by atoms with van der Waals surface area (Å²) in [5.41, 5.74) is 0.938. The molecule has 24 heavy (non-hydrogen) atoms. The molecule has 0 amide bonds. The Balaban J connectivity index is 2.05. The molecule has 0 aliphatic heterocycles. The standard InChI is InChI=1S/C19H20O4S/c1-23-18-10-6-5-9-16(18)14-11-12-17(20)19(13-14)24(21,22)15-7-3-2-4-8-15/h2-10,13-14,17,20H,11-12H2,1H3/t14-,17+/m0/s1. The van der Waals surface area contributed by atoms with Crippen molar-refractivity contribution in [1.29, 1.82) is 0 Å². The summed E-state index contributed by atoms with van der Waals surface area (Å²) in [6.45, 7) is 0. The summed E-state index contributed by atoms with van der Waals surface area (Å²) in [6, 6.07) is 15.8. The average Bonchev–Trinajstić information content (AvgIpc) is 2.62. The molecular formula is C19H20O4S. The van der Waals surface area contributed by atoms with Gasteiger partial charge in [0.25, 0.3) is 0 Å². The summed E-state index contributed by atoms with van der Waals surface area (Å²) in [4.78, 5) is 0.284. The first-order chi connectivity index (χ1) is 11.5. The number of aliphatic hydroxyl groups is 1. The van der Waals surface area contributed by atoms with Crippen LogP contribution in [0.1, 0.15) is 24.3 Å². The number of aliphatic hydroxyl groups excluding tert-OH is 1. The third-order valence-corrected chi connectivity index (χ3v) is 6.27. The first kappa shape index (κ1) is 16.7. The fourth-order valence-electron chi connectivity index (χ4n) is 3.09. The molecule has 126 valence electrons. The van der Waals surface area contributed by atoms with Gasteiger partial charge in [-0.3, -0.25) is 0 Å². The lowest BCUT2D eigenvalue weighted by molar-refractivity contribution is 0.195. The molecule has 0 fully saturated rings. The molecule has 1 aliphatic carbocycles. The number of benzene rings is 2. The second-order valence-corrected chi connectivity index (χ2v) is 7.78. The van der Waals surface area contributed by atoms with Crippen molar-refractivity contribution in [3.8, 4) is 5.75 Å². The van der Waals surface area contributed by atoms with E-state index in [0.29, 0.717) is 12.8 Å². The molecular weight excluding hydrogens is 324 g/mol. The molecule has 2 aromatic rings. The van der Waals surface area contributed by atoms with Crippen LogP contribution in [0.3, 0.4) is 0 Å². The van der Waals surface area contributed by atoms with E-state index in [-0.39, 0.29) is 15.7 Å². The van der Waals surface area contributed by atoms with Crippen molar-refractivity contribution >= 4 is 9.84 Å². The van der Waals surface area contributed by atoms with Gasteiger partial charge in [-0.15, -0.1) is 0 Å². The molecule has 1 N–H and O–H groups in total. The smallest absolute Gasteiger partial charge is 0.205 e. The van der Waals surface area contributed by atoms with Crippen LogP contribution >= 0.6 is 0 Å². The molecule has 0 unspecified atom stereocenters. The number of methoxy groups -OCH3 is 1. The quantitative estimate of drug-likeness (QED) is 0.924. The van der Waals surface area contributed by atoms with Crippen LogP contribution in [0, 0.1) is 0 Å². The van der Waals surface area contributed by atoms with Crippen LogP contribution < -0.4 is 4.74 Å². The highest BCUT2D eigenvalue weighted by atomic mass is 32.2. The van der Waals surface area contributed by atoms with Gasteiger partial charge in [0, 0.05) is 11.5 Å². The first-order valence-electron chi connectivity index (χ1n) is 7.87. The van der Waals surface area contributed by atoms with Gasteiger partial charge in [-0.05, 0) is 31.0 Å². The zero-order valence-electron chi connectivity index (χ0n) is 13.4. The molecule has 0 saturated carbocycles. The van der Waals surface area contributed by atoms with Crippen LogP contribution in [-0.2, 0) is 9.84 Å². The Morgan fingerprint density at radius 2 is 1.67 bits per heavy atom. The zero-order valence-corrected chi connectivity index (χ0v) is 14.2. The van der Waals surface area contributed by atoms with Crippen LogP contribution in [0.4, 0.5) is 0 Å². The third kappa shape index (κ3) is 3.09. The molecule has 0 radical (unpaired) electrons. The fourth-order valence-corrected chi connectivity index (χ4v) is 4.70. The zero-order chi connectivity index (χ0) is 17.2. The Morgan fingerprint density at radius 1 is 1.00 bits per heavy atom. The molecule has 3 rings (SSSR count). The van der Waals surface area contributed by atoms with Gasteiger partial charge < -0.3 is 9.84 Å². The number of sulfone groups is 1. The summed E-state index contributed by atoms with van der Waals surface area (Å²) in [6.07, 6.45) is 1.78. The highest BCUT2D eigenvalue weighted by molar-refractivity contribution is 7.95. The predicted octanol–water partition coefficient (Wildman–Crippen LogP) is 3.29. The van der Waals surface area contributed by atoms with Gasteiger partial charge in [0.2, 0.25) is 9.84 Å². The van der Waals surface area contributed by atoms with Crippen molar-refractivity contribution in [3.63, 3.8) is 0 Å². The molecule has 5 heteroatoms. The maximum Gasteiger partial charge on any atom is 0.205 e. The molecule has 0 aromatic heterocycles. The van der Waals surface area contributed by atoms with E-state index in [2.05, 4.69) is 0 Å². The average molecular weight is 344 g/mol. The molecule has 0 bridgehead atoms. The fraction of sp³-hybridized carbons (Fsp3) is 0.263. The van der Waals surface area contributed by atoms with E-state index >= 15 is 0 Å². The van der Waals surface area contributed by atoms with Crippen LogP contribution in [-0.4, -0.2) is 26.7 Å². The summed E-state index contributed by atoms with van der Waals surface area (Å²) in [5.74, 6) is 0.629.